The van der Waals surface area contributed by atoms with Crippen molar-refractivity contribution in [3.05, 3.63) is 89.0 Å². The van der Waals surface area contributed by atoms with E-state index in [0.717, 1.165) is 5.56 Å². The number of para-hydroxylation sites is 1. The molecule has 0 saturated heterocycles. The first-order valence-corrected chi connectivity index (χ1v) is 11.4. The molecule has 170 valence electrons. The van der Waals surface area contributed by atoms with Gasteiger partial charge < -0.3 is 14.0 Å². The molecule has 0 fully saturated rings. The summed E-state index contributed by atoms with van der Waals surface area (Å²) in [6.07, 6.45) is 0. The number of hydrogen-bond donors (Lipinski definition) is 0. The van der Waals surface area contributed by atoms with E-state index in [-0.39, 0.29) is 5.56 Å². The van der Waals surface area contributed by atoms with Gasteiger partial charge in [-0.15, -0.1) is 0 Å². The zero-order valence-electron chi connectivity index (χ0n) is 18.5. The summed E-state index contributed by atoms with van der Waals surface area (Å²) in [6.45, 7) is 0. The molecule has 8 nitrogen and oxygen atoms in total. The van der Waals surface area contributed by atoms with Crippen LogP contribution in [-0.4, -0.2) is 33.9 Å². The molecule has 0 aliphatic heterocycles. The molecule has 0 N–H and O–H groups in total. The van der Waals surface area contributed by atoms with E-state index in [2.05, 4.69) is 10.1 Å². The summed E-state index contributed by atoms with van der Waals surface area (Å²) in [5.74, 6) is 2.38. The van der Waals surface area contributed by atoms with Crippen molar-refractivity contribution in [3.63, 3.8) is 0 Å². The Morgan fingerprint density at radius 2 is 1.68 bits per heavy atom. The summed E-state index contributed by atoms with van der Waals surface area (Å²) in [6, 6.07) is 22.2. The van der Waals surface area contributed by atoms with E-state index >= 15 is 0 Å². The third-order valence-corrected chi connectivity index (χ3v) is 6.12. The van der Waals surface area contributed by atoms with E-state index in [4.69, 9.17) is 19.0 Å². The molecule has 5 rings (SSSR count). The fourth-order valence-corrected chi connectivity index (χ4v) is 4.40. The van der Waals surface area contributed by atoms with Crippen molar-refractivity contribution in [1.82, 2.24) is 19.7 Å². The zero-order valence-corrected chi connectivity index (χ0v) is 19.3. The molecule has 2 heterocycles. The second-order valence-corrected chi connectivity index (χ2v) is 8.20. The SMILES string of the molecule is COc1ccc(-n2c(SCc3nc(-c4ccccc4)no3)nc3ccccc3c2=O)cc1OC. The highest BCUT2D eigenvalue weighted by atomic mass is 32.2. The molecule has 34 heavy (non-hydrogen) atoms. The molecule has 9 heteroatoms. The van der Waals surface area contributed by atoms with Gasteiger partial charge in [0.2, 0.25) is 11.7 Å². The van der Waals surface area contributed by atoms with Crippen LogP contribution in [-0.2, 0) is 5.75 Å². The van der Waals surface area contributed by atoms with Gasteiger partial charge in [0.1, 0.15) is 0 Å². The molecule has 0 spiro atoms. The molecule has 3 aromatic carbocycles. The third kappa shape index (κ3) is 4.13. The first-order valence-electron chi connectivity index (χ1n) is 10.4. The van der Waals surface area contributed by atoms with Gasteiger partial charge in [-0.25, -0.2) is 4.98 Å². The molecule has 0 unspecified atom stereocenters. The largest absolute Gasteiger partial charge is 0.493 e. The molecule has 2 aromatic heterocycles. The Bertz CT molecular complexity index is 1510. The second-order valence-electron chi connectivity index (χ2n) is 7.26. The Morgan fingerprint density at radius 1 is 0.912 bits per heavy atom. The van der Waals surface area contributed by atoms with E-state index in [9.17, 15) is 4.79 Å². The van der Waals surface area contributed by atoms with Crippen molar-refractivity contribution in [2.75, 3.05) is 14.2 Å². The fourth-order valence-electron chi connectivity index (χ4n) is 3.55. The van der Waals surface area contributed by atoms with Crippen molar-refractivity contribution in [1.29, 1.82) is 0 Å². The summed E-state index contributed by atoms with van der Waals surface area (Å²) in [5, 5.41) is 5.08. The fraction of sp³-hybridized carbons (Fsp3) is 0.120. The zero-order chi connectivity index (χ0) is 23.5. The van der Waals surface area contributed by atoms with Gasteiger partial charge in [0, 0.05) is 11.6 Å². The number of aromatic nitrogens is 4. The van der Waals surface area contributed by atoms with Gasteiger partial charge in [0.05, 0.1) is 36.6 Å². The minimum Gasteiger partial charge on any atom is -0.493 e. The van der Waals surface area contributed by atoms with Gasteiger partial charge in [-0.1, -0.05) is 59.4 Å². The van der Waals surface area contributed by atoms with Gasteiger partial charge in [-0.3, -0.25) is 9.36 Å². The summed E-state index contributed by atoms with van der Waals surface area (Å²) in [7, 11) is 3.12. The monoisotopic (exact) mass is 472 g/mol. The smallest absolute Gasteiger partial charge is 0.266 e. The van der Waals surface area contributed by atoms with Gasteiger partial charge in [-0.2, -0.15) is 4.98 Å². The van der Waals surface area contributed by atoms with Crippen LogP contribution in [0.3, 0.4) is 0 Å². The van der Waals surface area contributed by atoms with Crippen molar-refractivity contribution in [2.45, 2.75) is 10.9 Å². The molecule has 0 saturated carbocycles. The highest BCUT2D eigenvalue weighted by Gasteiger charge is 2.17. The molecule has 0 aliphatic rings. The molecule has 5 aromatic rings. The molecule has 0 atom stereocenters. The van der Waals surface area contributed by atoms with E-state index in [1.54, 1.807) is 43.1 Å². The van der Waals surface area contributed by atoms with Crippen LogP contribution in [0, 0.1) is 0 Å². The van der Waals surface area contributed by atoms with Crippen LogP contribution < -0.4 is 15.0 Å². The maximum atomic E-state index is 13.5. The number of thioether (sulfide) groups is 1. The van der Waals surface area contributed by atoms with Crippen molar-refractivity contribution in [2.24, 2.45) is 0 Å². The van der Waals surface area contributed by atoms with Gasteiger partial charge in [-0.05, 0) is 24.3 Å². The van der Waals surface area contributed by atoms with Gasteiger partial charge in [0.15, 0.2) is 16.7 Å². The topological polar surface area (TPSA) is 92.3 Å². The second kappa shape index (κ2) is 9.40. The minimum absolute atomic E-state index is 0.184. The lowest BCUT2D eigenvalue weighted by molar-refractivity contribution is 0.354. The normalized spacial score (nSPS) is 11.0. The third-order valence-electron chi connectivity index (χ3n) is 5.20. The minimum atomic E-state index is -0.184. The van der Waals surface area contributed by atoms with Crippen LogP contribution in [0.4, 0.5) is 0 Å². The average Bonchev–Trinajstić information content (AvgIpc) is 3.37. The highest BCUT2D eigenvalue weighted by molar-refractivity contribution is 7.98. The standard InChI is InChI=1S/C25H20N4O4S/c1-31-20-13-12-17(14-21(20)32-2)29-24(30)18-10-6-7-11-19(18)26-25(29)34-15-22-27-23(28-33-22)16-8-4-3-5-9-16/h3-14H,15H2,1-2H3. The Kier molecular flexibility index (Phi) is 6.01. The van der Waals surface area contributed by atoms with Crippen LogP contribution in [0.25, 0.3) is 28.0 Å². The lowest BCUT2D eigenvalue weighted by Crippen LogP contribution is -2.21. The number of rotatable bonds is 7. The van der Waals surface area contributed by atoms with Crippen LogP contribution >= 0.6 is 11.8 Å². The summed E-state index contributed by atoms with van der Waals surface area (Å²) < 4.78 is 17.8. The van der Waals surface area contributed by atoms with E-state index in [1.807, 2.05) is 48.5 Å². The van der Waals surface area contributed by atoms with Crippen molar-refractivity contribution >= 4 is 22.7 Å². The quantitative estimate of drug-likeness (QED) is 0.248. The van der Waals surface area contributed by atoms with Crippen LogP contribution in [0.5, 0.6) is 11.5 Å². The predicted molar refractivity (Wildman–Crippen MR) is 130 cm³/mol. The van der Waals surface area contributed by atoms with Gasteiger partial charge >= 0.3 is 0 Å². The highest BCUT2D eigenvalue weighted by Crippen LogP contribution is 2.31. The summed E-state index contributed by atoms with van der Waals surface area (Å²) in [4.78, 5) is 22.7. The lowest BCUT2D eigenvalue weighted by atomic mass is 10.2. The predicted octanol–water partition coefficient (Wildman–Crippen LogP) is 4.75. The molecular formula is C25H20N4O4S. The van der Waals surface area contributed by atoms with Crippen LogP contribution in [0.15, 0.2) is 87.3 Å². The number of methoxy groups -OCH3 is 2. The molecule has 0 aliphatic carbocycles. The Hall–Kier alpha value is -4.11. The van der Waals surface area contributed by atoms with Crippen molar-refractivity contribution in [3.8, 4) is 28.6 Å². The number of nitrogens with zero attached hydrogens (tertiary/aromatic N) is 4. The summed E-state index contributed by atoms with van der Waals surface area (Å²) >= 11 is 1.34. The van der Waals surface area contributed by atoms with Crippen LogP contribution in [0.2, 0.25) is 0 Å². The lowest BCUT2D eigenvalue weighted by Gasteiger charge is -2.15. The molecule has 0 bridgehead atoms. The first kappa shape index (κ1) is 21.7. The number of ether oxygens (including phenoxy) is 2. The maximum Gasteiger partial charge on any atom is 0.266 e. The Balaban J connectivity index is 1.54. The molecule has 0 radical (unpaired) electrons. The Morgan fingerprint density at radius 3 is 2.47 bits per heavy atom. The maximum absolute atomic E-state index is 13.5. The average molecular weight is 473 g/mol. The summed E-state index contributed by atoms with van der Waals surface area (Å²) in [5.41, 5.74) is 1.91. The van der Waals surface area contributed by atoms with Crippen LogP contribution in [0.1, 0.15) is 5.89 Å². The molecule has 0 amide bonds. The van der Waals surface area contributed by atoms with E-state index in [1.165, 1.54) is 11.8 Å². The number of fused-ring (bicyclic) bond motifs is 1. The van der Waals surface area contributed by atoms with Gasteiger partial charge in [0.25, 0.3) is 5.56 Å². The molecular weight excluding hydrogens is 452 g/mol. The first-order chi connectivity index (χ1) is 16.7. The van der Waals surface area contributed by atoms with E-state index < -0.39 is 0 Å². The number of benzene rings is 3. The van der Waals surface area contributed by atoms with E-state index in [0.29, 0.717) is 50.7 Å². The number of hydrogen-bond acceptors (Lipinski definition) is 8. The Labute approximate surface area is 199 Å². The van der Waals surface area contributed by atoms with Crippen molar-refractivity contribution < 1.29 is 14.0 Å².